The van der Waals surface area contributed by atoms with Crippen molar-refractivity contribution in [2.75, 3.05) is 6.54 Å². The number of halogens is 1. The van der Waals surface area contributed by atoms with Crippen molar-refractivity contribution in [1.82, 2.24) is 10.2 Å². The normalized spacial score (nSPS) is 21.1. The molecule has 1 atom stereocenters. The lowest BCUT2D eigenvalue weighted by Crippen LogP contribution is -2.44. The third-order valence-corrected chi connectivity index (χ3v) is 3.73. The number of imide groups is 1. The number of primary amides is 1. The van der Waals surface area contributed by atoms with E-state index < -0.39 is 35.7 Å². The van der Waals surface area contributed by atoms with Crippen LogP contribution in [0.15, 0.2) is 24.3 Å². The zero-order valence-corrected chi connectivity index (χ0v) is 12.3. The number of nitrogens with one attached hydrogen (secondary N) is 1. The summed E-state index contributed by atoms with van der Waals surface area (Å²) in [5, 5.41) is 2.65. The smallest absolute Gasteiger partial charge is 0.325 e. The summed E-state index contributed by atoms with van der Waals surface area (Å²) in [7, 11) is 0. The molecule has 1 heterocycles. The molecule has 0 aliphatic carbocycles. The van der Waals surface area contributed by atoms with E-state index in [9.17, 15) is 18.8 Å². The second-order valence-corrected chi connectivity index (χ2v) is 5.30. The Morgan fingerprint density at radius 3 is 2.50 bits per heavy atom. The van der Waals surface area contributed by atoms with E-state index in [1.807, 2.05) is 6.92 Å². The standard InChI is InChI=1S/C15H18FN3O3/c1-2-3-8-15(10-4-6-11(16)7-5-10)13(21)19(9-12(17)20)14(22)18-15/h4-7H,2-3,8-9H2,1H3,(H2,17,20)(H,18,22). The van der Waals surface area contributed by atoms with Crippen molar-refractivity contribution in [2.24, 2.45) is 5.73 Å². The average Bonchev–Trinajstić information content (AvgIpc) is 2.71. The van der Waals surface area contributed by atoms with Crippen LogP contribution < -0.4 is 11.1 Å². The number of carbonyl (C=O) groups excluding carboxylic acids is 3. The van der Waals surface area contributed by atoms with Gasteiger partial charge < -0.3 is 11.1 Å². The van der Waals surface area contributed by atoms with E-state index in [0.717, 1.165) is 11.3 Å². The summed E-state index contributed by atoms with van der Waals surface area (Å²) in [6, 6.07) is 4.75. The number of amides is 4. The van der Waals surface area contributed by atoms with Gasteiger partial charge in [-0.05, 0) is 24.1 Å². The molecule has 1 aliphatic rings. The van der Waals surface area contributed by atoms with E-state index in [0.29, 0.717) is 18.4 Å². The molecule has 1 unspecified atom stereocenters. The molecule has 0 aromatic heterocycles. The van der Waals surface area contributed by atoms with E-state index in [2.05, 4.69) is 5.32 Å². The van der Waals surface area contributed by atoms with E-state index in [1.54, 1.807) is 0 Å². The fourth-order valence-corrected chi connectivity index (χ4v) is 2.61. The van der Waals surface area contributed by atoms with Crippen LogP contribution in [0, 0.1) is 5.82 Å². The number of nitrogens with zero attached hydrogens (tertiary/aromatic N) is 1. The fraction of sp³-hybridized carbons (Fsp3) is 0.400. The molecule has 1 aliphatic heterocycles. The van der Waals surface area contributed by atoms with Gasteiger partial charge in [-0.3, -0.25) is 14.5 Å². The highest BCUT2D eigenvalue weighted by Crippen LogP contribution is 2.34. The zero-order chi connectivity index (χ0) is 16.3. The number of nitrogens with two attached hydrogens (primary N) is 1. The van der Waals surface area contributed by atoms with Crippen LogP contribution in [0.2, 0.25) is 0 Å². The van der Waals surface area contributed by atoms with Crippen molar-refractivity contribution < 1.29 is 18.8 Å². The Hall–Kier alpha value is -2.44. The monoisotopic (exact) mass is 307 g/mol. The summed E-state index contributed by atoms with van der Waals surface area (Å²) in [5.74, 6) is -1.73. The topological polar surface area (TPSA) is 92.5 Å². The Kier molecular flexibility index (Phi) is 4.44. The molecule has 1 aromatic carbocycles. The highest BCUT2D eigenvalue weighted by molar-refractivity contribution is 6.09. The Balaban J connectivity index is 2.42. The van der Waals surface area contributed by atoms with Gasteiger partial charge in [-0.15, -0.1) is 0 Å². The van der Waals surface area contributed by atoms with Crippen molar-refractivity contribution in [3.05, 3.63) is 35.6 Å². The van der Waals surface area contributed by atoms with Gasteiger partial charge in [-0.25, -0.2) is 9.18 Å². The minimum Gasteiger partial charge on any atom is -0.368 e. The predicted octanol–water partition coefficient (Wildman–Crippen LogP) is 1.25. The summed E-state index contributed by atoms with van der Waals surface area (Å²) in [6.45, 7) is 1.49. The first-order valence-electron chi connectivity index (χ1n) is 7.09. The number of carbonyl (C=O) groups is 3. The van der Waals surface area contributed by atoms with Gasteiger partial charge in [0.15, 0.2) is 0 Å². The van der Waals surface area contributed by atoms with Crippen molar-refractivity contribution in [2.45, 2.75) is 31.7 Å². The lowest BCUT2D eigenvalue weighted by atomic mass is 9.85. The summed E-state index contributed by atoms with van der Waals surface area (Å²) >= 11 is 0. The molecule has 3 N–H and O–H groups in total. The Morgan fingerprint density at radius 1 is 1.32 bits per heavy atom. The quantitative estimate of drug-likeness (QED) is 0.775. The van der Waals surface area contributed by atoms with E-state index >= 15 is 0 Å². The van der Waals surface area contributed by atoms with Gasteiger partial charge >= 0.3 is 6.03 Å². The molecule has 7 heteroatoms. The zero-order valence-electron chi connectivity index (χ0n) is 12.3. The van der Waals surface area contributed by atoms with Gasteiger partial charge in [-0.2, -0.15) is 0 Å². The minimum atomic E-state index is -1.27. The van der Waals surface area contributed by atoms with Gasteiger partial charge in [0.2, 0.25) is 5.91 Å². The van der Waals surface area contributed by atoms with Crippen LogP contribution in [-0.2, 0) is 15.1 Å². The first kappa shape index (κ1) is 15.9. The molecule has 4 amide bonds. The largest absolute Gasteiger partial charge is 0.368 e. The van der Waals surface area contributed by atoms with Crippen LogP contribution in [0.3, 0.4) is 0 Å². The van der Waals surface area contributed by atoms with Crippen molar-refractivity contribution in [3.63, 3.8) is 0 Å². The number of urea groups is 1. The van der Waals surface area contributed by atoms with Crippen LogP contribution in [0.5, 0.6) is 0 Å². The number of unbranched alkanes of at least 4 members (excludes halogenated alkanes) is 1. The van der Waals surface area contributed by atoms with Gasteiger partial charge in [0.05, 0.1) is 0 Å². The SMILES string of the molecule is CCCCC1(c2ccc(F)cc2)NC(=O)N(CC(N)=O)C1=O. The number of hydrogen-bond acceptors (Lipinski definition) is 3. The predicted molar refractivity (Wildman–Crippen MR) is 77.0 cm³/mol. The van der Waals surface area contributed by atoms with Crippen molar-refractivity contribution in [3.8, 4) is 0 Å². The molecule has 0 saturated carbocycles. The maximum absolute atomic E-state index is 13.1. The fourth-order valence-electron chi connectivity index (χ4n) is 2.61. The van der Waals surface area contributed by atoms with Crippen LogP contribution in [0.4, 0.5) is 9.18 Å². The Bertz CT molecular complexity index is 603. The molecule has 6 nitrogen and oxygen atoms in total. The molecule has 118 valence electrons. The van der Waals surface area contributed by atoms with E-state index in [4.69, 9.17) is 5.73 Å². The van der Waals surface area contributed by atoms with E-state index in [1.165, 1.54) is 24.3 Å². The molecular weight excluding hydrogens is 289 g/mol. The van der Waals surface area contributed by atoms with Gasteiger partial charge in [0.1, 0.15) is 17.9 Å². The number of rotatable bonds is 6. The average molecular weight is 307 g/mol. The molecule has 22 heavy (non-hydrogen) atoms. The van der Waals surface area contributed by atoms with Gasteiger partial charge in [0.25, 0.3) is 5.91 Å². The first-order chi connectivity index (χ1) is 10.4. The third-order valence-electron chi connectivity index (χ3n) is 3.73. The van der Waals surface area contributed by atoms with Gasteiger partial charge in [0, 0.05) is 0 Å². The molecular formula is C15H18FN3O3. The molecule has 1 aromatic rings. The maximum Gasteiger partial charge on any atom is 0.325 e. The lowest BCUT2D eigenvalue weighted by Gasteiger charge is -2.27. The molecule has 1 fully saturated rings. The van der Waals surface area contributed by atoms with Gasteiger partial charge in [-0.1, -0.05) is 31.9 Å². The van der Waals surface area contributed by atoms with Crippen LogP contribution in [-0.4, -0.2) is 29.3 Å². The summed E-state index contributed by atoms with van der Waals surface area (Å²) < 4.78 is 13.1. The second kappa shape index (κ2) is 6.13. The van der Waals surface area contributed by atoms with Crippen LogP contribution >= 0.6 is 0 Å². The maximum atomic E-state index is 13.1. The highest BCUT2D eigenvalue weighted by atomic mass is 19.1. The summed E-state index contributed by atoms with van der Waals surface area (Å²) in [4.78, 5) is 36.6. The van der Waals surface area contributed by atoms with Crippen LogP contribution in [0.1, 0.15) is 31.7 Å². The van der Waals surface area contributed by atoms with Crippen molar-refractivity contribution >= 4 is 17.8 Å². The van der Waals surface area contributed by atoms with E-state index in [-0.39, 0.29) is 0 Å². The molecule has 0 spiro atoms. The number of hydrogen-bond donors (Lipinski definition) is 2. The molecule has 1 saturated heterocycles. The minimum absolute atomic E-state index is 0.370. The number of benzene rings is 1. The highest BCUT2D eigenvalue weighted by Gasteiger charge is 2.52. The molecule has 0 bridgehead atoms. The Morgan fingerprint density at radius 2 is 1.95 bits per heavy atom. The third kappa shape index (κ3) is 2.79. The summed E-state index contributed by atoms with van der Waals surface area (Å²) in [6.07, 6.45) is 1.88. The first-order valence-corrected chi connectivity index (χ1v) is 7.09. The second-order valence-electron chi connectivity index (χ2n) is 5.30. The molecule has 2 rings (SSSR count). The van der Waals surface area contributed by atoms with Crippen molar-refractivity contribution in [1.29, 1.82) is 0 Å². The molecule has 0 radical (unpaired) electrons. The Labute approximate surface area is 127 Å². The summed E-state index contributed by atoms with van der Waals surface area (Å²) in [5.41, 5.74) is 4.31. The lowest BCUT2D eigenvalue weighted by molar-refractivity contribution is -0.134. The van der Waals surface area contributed by atoms with Crippen LogP contribution in [0.25, 0.3) is 0 Å².